The van der Waals surface area contributed by atoms with E-state index in [2.05, 4.69) is 5.32 Å². The first kappa shape index (κ1) is 16.1. The van der Waals surface area contributed by atoms with Gasteiger partial charge in [-0.3, -0.25) is 4.79 Å². The highest BCUT2D eigenvalue weighted by Gasteiger charge is 2.27. The number of halogens is 1. The second kappa shape index (κ2) is 7.62. The van der Waals surface area contributed by atoms with E-state index in [9.17, 15) is 9.90 Å². The highest BCUT2D eigenvalue weighted by molar-refractivity contribution is 6.30. The summed E-state index contributed by atoms with van der Waals surface area (Å²) in [5, 5.41) is 13.9. The summed E-state index contributed by atoms with van der Waals surface area (Å²) in [7, 11) is 0. The molecule has 1 saturated carbocycles. The zero-order chi connectivity index (χ0) is 15.1. The van der Waals surface area contributed by atoms with Gasteiger partial charge in [0, 0.05) is 17.6 Å². The summed E-state index contributed by atoms with van der Waals surface area (Å²) in [6.45, 7) is 0.330. The van der Waals surface area contributed by atoms with Crippen molar-refractivity contribution in [1.29, 1.82) is 0 Å². The van der Waals surface area contributed by atoms with E-state index in [1.165, 1.54) is 18.9 Å². The monoisotopic (exact) mass is 307 g/mol. The van der Waals surface area contributed by atoms with Gasteiger partial charge >= 0.3 is 0 Å². The zero-order valence-corrected chi connectivity index (χ0v) is 12.9. The second-order valence-electron chi connectivity index (χ2n) is 5.74. The van der Waals surface area contributed by atoms with Gasteiger partial charge in [0.15, 0.2) is 0 Å². The lowest BCUT2D eigenvalue weighted by molar-refractivity contribution is -0.117. The first-order chi connectivity index (χ1) is 10.1. The maximum Gasteiger partial charge on any atom is 0.244 e. The third kappa shape index (κ3) is 5.52. The van der Waals surface area contributed by atoms with Crippen LogP contribution in [-0.2, 0) is 4.79 Å². The molecule has 4 heteroatoms. The topological polar surface area (TPSA) is 49.3 Å². The van der Waals surface area contributed by atoms with E-state index in [0.717, 1.165) is 31.2 Å². The van der Waals surface area contributed by atoms with Crippen LogP contribution in [0.3, 0.4) is 0 Å². The maximum atomic E-state index is 11.8. The predicted molar refractivity (Wildman–Crippen MR) is 86.1 cm³/mol. The quantitative estimate of drug-likeness (QED) is 0.660. The van der Waals surface area contributed by atoms with Crippen molar-refractivity contribution in [2.45, 2.75) is 44.1 Å². The van der Waals surface area contributed by atoms with Crippen LogP contribution in [0.25, 0.3) is 6.08 Å². The molecule has 0 atom stereocenters. The fourth-order valence-electron chi connectivity index (χ4n) is 2.62. The molecule has 1 aromatic carbocycles. The van der Waals surface area contributed by atoms with Crippen molar-refractivity contribution in [3.05, 3.63) is 40.9 Å². The largest absolute Gasteiger partial charge is 0.388 e. The highest BCUT2D eigenvalue weighted by atomic mass is 35.5. The number of hydrogen-bond donors (Lipinski definition) is 2. The number of carbonyl (C=O) groups excluding carboxylic acids is 1. The Kier molecular flexibility index (Phi) is 5.83. The number of carbonyl (C=O) groups is 1. The molecule has 3 nitrogen and oxygen atoms in total. The molecule has 114 valence electrons. The number of nitrogens with one attached hydrogen (secondary N) is 1. The Labute approximate surface area is 131 Å². The number of aliphatic hydroxyl groups is 1. The summed E-state index contributed by atoms with van der Waals surface area (Å²) in [6.07, 6.45) is 9.19. The summed E-state index contributed by atoms with van der Waals surface area (Å²) in [5.74, 6) is -0.178. The van der Waals surface area contributed by atoms with Gasteiger partial charge in [-0.15, -0.1) is 0 Å². The molecule has 21 heavy (non-hydrogen) atoms. The minimum Gasteiger partial charge on any atom is -0.388 e. The molecule has 2 rings (SSSR count). The summed E-state index contributed by atoms with van der Waals surface area (Å²) < 4.78 is 0. The molecule has 0 bridgehead atoms. The van der Waals surface area contributed by atoms with Gasteiger partial charge in [-0.2, -0.15) is 0 Å². The number of benzene rings is 1. The van der Waals surface area contributed by atoms with Crippen LogP contribution < -0.4 is 5.32 Å². The minimum absolute atomic E-state index is 0.178. The van der Waals surface area contributed by atoms with Gasteiger partial charge in [0.1, 0.15) is 0 Å². The minimum atomic E-state index is -0.736. The molecule has 0 heterocycles. The molecule has 1 fully saturated rings. The van der Waals surface area contributed by atoms with Crippen molar-refractivity contribution in [3.8, 4) is 0 Å². The van der Waals surface area contributed by atoms with Gasteiger partial charge in [-0.05, 0) is 36.6 Å². The van der Waals surface area contributed by atoms with Crippen LogP contribution in [0.4, 0.5) is 0 Å². The van der Waals surface area contributed by atoms with Gasteiger partial charge in [0.2, 0.25) is 5.91 Å². The fourth-order valence-corrected chi connectivity index (χ4v) is 2.75. The molecule has 2 N–H and O–H groups in total. The highest BCUT2D eigenvalue weighted by Crippen LogP contribution is 2.26. The lowest BCUT2D eigenvalue weighted by atomic mass is 9.94. The van der Waals surface area contributed by atoms with Crippen LogP contribution in [0.2, 0.25) is 5.02 Å². The number of amides is 1. The van der Waals surface area contributed by atoms with Crippen LogP contribution in [0.5, 0.6) is 0 Å². The summed E-state index contributed by atoms with van der Waals surface area (Å²) in [6, 6.07) is 7.27. The molecule has 0 unspecified atom stereocenters. The molecule has 1 aliphatic rings. The third-order valence-corrected chi connectivity index (χ3v) is 4.18. The average Bonchev–Trinajstić information content (AvgIpc) is 2.70. The van der Waals surface area contributed by atoms with E-state index >= 15 is 0 Å². The summed E-state index contributed by atoms with van der Waals surface area (Å²) in [5.41, 5.74) is 0.183. The average molecular weight is 308 g/mol. The Balaban J connectivity index is 1.82. The van der Waals surface area contributed by atoms with Gasteiger partial charge in [-0.25, -0.2) is 0 Å². The number of hydrogen-bond acceptors (Lipinski definition) is 2. The Morgan fingerprint density at radius 3 is 2.43 bits per heavy atom. The predicted octanol–water partition coefficient (Wildman–Crippen LogP) is 3.55. The van der Waals surface area contributed by atoms with Crippen molar-refractivity contribution in [2.24, 2.45) is 0 Å². The smallest absolute Gasteiger partial charge is 0.244 e. The van der Waals surface area contributed by atoms with Gasteiger partial charge in [-0.1, -0.05) is 49.4 Å². The van der Waals surface area contributed by atoms with Crippen LogP contribution >= 0.6 is 11.6 Å². The lowest BCUT2D eigenvalue weighted by Gasteiger charge is -2.26. The molecule has 1 aromatic rings. The summed E-state index contributed by atoms with van der Waals surface area (Å²) in [4.78, 5) is 11.8. The standard InChI is InChI=1S/C17H22ClNO2/c18-15-8-5-14(6-9-15)7-10-16(20)19-13-17(21)11-3-1-2-4-12-17/h5-10,21H,1-4,11-13H2,(H,19,20). The zero-order valence-electron chi connectivity index (χ0n) is 12.1. The van der Waals surface area contributed by atoms with Crippen LogP contribution in [0, 0.1) is 0 Å². The van der Waals surface area contributed by atoms with Crippen molar-refractivity contribution >= 4 is 23.6 Å². The van der Waals surface area contributed by atoms with Crippen molar-refractivity contribution in [3.63, 3.8) is 0 Å². The Hall–Kier alpha value is -1.32. The van der Waals surface area contributed by atoms with Crippen molar-refractivity contribution in [1.82, 2.24) is 5.32 Å². The summed E-state index contributed by atoms with van der Waals surface area (Å²) >= 11 is 5.81. The van der Waals surface area contributed by atoms with Gasteiger partial charge < -0.3 is 10.4 Å². The van der Waals surface area contributed by atoms with Crippen LogP contribution in [-0.4, -0.2) is 23.2 Å². The van der Waals surface area contributed by atoms with E-state index in [0.29, 0.717) is 11.6 Å². The maximum absolute atomic E-state index is 11.8. The Morgan fingerprint density at radius 2 is 1.81 bits per heavy atom. The van der Waals surface area contributed by atoms with Gasteiger partial charge in [0.05, 0.1) is 5.60 Å². The SMILES string of the molecule is O=C(C=Cc1ccc(Cl)cc1)NCC1(O)CCCCCC1. The molecule has 1 aliphatic carbocycles. The molecular weight excluding hydrogens is 286 g/mol. The van der Waals surface area contributed by atoms with E-state index in [1.54, 1.807) is 18.2 Å². The molecule has 0 spiro atoms. The van der Waals surface area contributed by atoms with E-state index in [4.69, 9.17) is 11.6 Å². The normalized spacial score (nSPS) is 18.4. The van der Waals surface area contributed by atoms with Crippen molar-refractivity contribution < 1.29 is 9.90 Å². The second-order valence-corrected chi connectivity index (χ2v) is 6.18. The first-order valence-electron chi connectivity index (χ1n) is 7.51. The Morgan fingerprint density at radius 1 is 1.19 bits per heavy atom. The lowest BCUT2D eigenvalue weighted by Crippen LogP contribution is -2.42. The van der Waals surface area contributed by atoms with Crippen molar-refractivity contribution in [2.75, 3.05) is 6.54 Å². The molecule has 0 saturated heterocycles. The Bertz CT molecular complexity index is 488. The third-order valence-electron chi connectivity index (χ3n) is 3.92. The molecule has 1 amide bonds. The first-order valence-corrected chi connectivity index (χ1v) is 7.89. The molecule has 0 aliphatic heterocycles. The van der Waals surface area contributed by atoms with Gasteiger partial charge in [0.25, 0.3) is 0 Å². The van der Waals surface area contributed by atoms with E-state index in [1.807, 2.05) is 12.1 Å². The van der Waals surface area contributed by atoms with Crippen LogP contribution in [0.1, 0.15) is 44.1 Å². The van der Waals surface area contributed by atoms with E-state index < -0.39 is 5.60 Å². The fraction of sp³-hybridized carbons (Fsp3) is 0.471. The molecule has 0 radical (unpaired) electrons. The van der Waals surface area contributed by atoms with E-state index in [-0.39, 0.29) is 5.91 Å². The molecular formula is C17H22ClNO2. The molecule has 0 aromatic heterocycles. The number of rotatable bonds is 4. The van der Waals surface area contributed by atoms with Crippen LogP contribution in [0.15, 0.2) is 30.3 Å².